The van der Waals surface area contributed by atoms with Crippen molar-refractivity contribution in [3.05, 3.63) is 135 Å². The number of hydroxylamine groups is 1. The molecule has 1 amide bonds. The summed E-state index contributed by atoms with van der Waals surface area (Å²) in [5.74, 6) is 1.35. The molecule has 4 atom stereocenters. The van der Waals surface area contributed by atoms with Gasteiger partial charge in [0.15, 0.2) is 23.0 Å². The Morgan fingerprint density at radius 3 is 2.45 bits per heavy atom. The quantitative estimate of drug-likeness (QED) is 0.0656. The number of aliphatic hydroxyl groups is 1. The number of nitrogens with one attached hydrogen (secondary N) is 3. The average molecular weight is 1090 g/mol. The summed E-state index contributed by atoms with van der Waals surface area (Å²) in [6.45, 7) is 14.0. The van der Waals surface area contributed by atoms with E-state index in [1.165, 1.54) is 24.2 Å². The van der Waals surface area contributed by atoms with E-state index >= 15 is 4.39 Å². The summed E-state index contributed by atoms with van der Waals surface area (Å²) in [5, 5.41) is 26.2. The normalized spacial score (nSPS) is 25.2. The third-order valence-corrected chi connectivity index (χ3v) is 18.4. The minimum absolute atomic E-state index is 0.0497. The largest absolute Gasteiger partial charge is 0.629 e. The molecule has 0 radical (unpaired) electrons. The van der Waals surface area contributed by atoms with E-state index in [0.29, 0.717) is 86.7 Å². The van der Waals surface area contributed by atoms with Crippen LogP contribution < -0.4 is 34.2 Å². The molecule has 1 aromatic heterocycles. The highest BCUT2D eigenvalue weighted by Gasteiger charge is 2.64. The van der Waals surface area contributed by atoms with E-state index in [2.05, 4.69) is 80.0 Å². The van der Waals surface area contributed by atoms with Gasteiger partial charge in [-0.1, -0.05) is 44.2 Å². The fourth-order valence-corrected chi connectivity index (χ4v) is 13.6. The van der Waals surface area contributed by atoms with Crippen LogP contribution in [0.4, 0.5) is 21.6 Å². The number of sulfonamides is 1. The third-order valence-electron chi connectivity index (χ3n) is 17.1. The van der Waals surface area contributed by atoms with E-state index in [-0.39, 0.29) is 51.4 Å². The molecule has 0 spiro atoms. The molecule has 4 aliphatic carbocycles. The number of anilines is 2. The number of carbonyl (C=O) groups is 1. The van der Waals surface area contributed by atoms with Crippen LogP contribution in [0, 0.1) is 17.0 Å². The molecular formula is C60H76FN7O9S. The van der Waals surface area contributed by atoms with Crippen LogP contribution in [0.3, 0.4) is 0 Å². The number of quaternary nitrogens is 1. The van der Waals surface area contributed by atoms with Crippen molar-refractivity contribution in [2.75, 3.05) is 77.4 Å². The first kappa shape index (κ1) is 55.5. The Balaban J connectivity index is 0.898. The second kappa shape index (κ2) is 22.7. The van der Waals surface area contributed by atoms with Crippen LogP contribution in [0.2, 0.25) is 0 Å². The maximum Gasteiger partial charge on any atom is 0.268 e. The van der Waals surface area contributed by atoms with Gasteiger partial charge in [0.1, 0.15) is 27.8 Å². The predicted octanol–water partition coefficient (Wildman–Crippen LogP) is 8.49. The molecule has 3 aromatic carbocycles. The average Bonchev–Trinajstić information content (AvgIpc) is 3.82. The molecule has 3 heterocycles. The smallest absolute Gasteiger partial charge is 0.268 e. The number of piperidine rings is 1. The van der Waals surface area contributed by atoms with Gasteiger partial charge >= 0.3 is 0 Å². The summed E-state index contributed by atoms with van der Waals surface area (Å²) in [5.41, 5.74) is 4.56. The van der Waals surface area contributed by atoms with E-state index in [4.69, 9.17) is 18.9 Å². The lowest BCUT2D eigenvalue weighted by Gasteiger charge is -2.48. The fraction of sp³-hybridized carbons (Fsp3) is 0.500. The fourth-order valence-electron chi connectivity index (χ4n) is 12.7. The number of rotatable bonds is 19. The molecule has 4 aromatic rings. The molecule has 4 fully saturated rings. The van der Waals surface area contributed by atoms with Crippen LogP contribution in [0.15, 0.2) is 113 Å². The van der Waals surface area contributed by atoms with Crippen molar-refractivity contribution >= 4 is 33.1 Å². The van der Waals surface area contributed by atoms with Crippen LogP contribution in [0.25, 0.3) is 0 Å². The highest BCUT2D eigenvalue weighted by atomic mass is 32.2. The van der Waals surface area contributed by atoms with E-state index in [9.17, 15) is 23.5 Å². The van der Waals surface area contributed by atoms with Gasteiger partial charge in [-0.3, -0.25) is 14.6 Å². The zero-order valence-electron chi connectivity index (χ0n) is 46.1. The zero-order valence-corrected chi connectivity index (χ0v) is 46.9. The molecule has 0 bridgehead atoms. The Bertz CT molecular complexity index is 3090. The molecule has 418 valence electrons. The number of pyridine rings is 1. The van der Waals surface area contributed by atoms with Crippen molar-refractivity contribution < 1.29 is 46.7 Å². The molecule has 10 rings (SSSR count). The van der Waals surface area contributed by atoms with Gasteiger partial charge in [-0.15, -0.1) is 0 Å². The van der Waals surface area contributed by atoms with Crippen LogP contribution in [0.5, 0.6) is 17.2 Å². The number of hydrogen-bond acceptors (Lipinski definition) is 14. The van der Waals surface area contributed by atoms with Gasteiger partial charge in [0.2, 0.25) is 0 Å². The molecule has 2 aliphatic heterocycles. The number of amides is 1. The van der Waals surface area contributed by atoms with Gasteiger partial charge in [-0.25, -0.2) is 22.5 Å². The number of aromatic nitrogens is 1. The maximum atomic E-state index is 15.4. The Morgan fingerprint density at radius 2 is 1.73 bits per heavy atom. The molecule has 2 saturated heterocycles. The highest BCUT2D eigenvalue weighted by molar-refractivity contribution is 7.90. The molecule has 6 aliphatic rings. The first-order valence-corrected chi connectivity index (χ1v) is 29.2. The summed E-state index contributed by atoms with van der Waals surface area (Å²) in [7, 11) is 0.0691. The van der Waals surface area contributed by atoms with Gasteiger partial charge in [0.25, 0.3) is 15.9 Å². The number of fused-ring (bicyclic) bond motifs is 2. The lowest BCUT2D eigenvalue weighted by molar-refractivity contribution is -0.751. The topological polar surface area (TPSA) is 183 Å². The van der Waals surface area contributed by atoms with Crippen molar-refractivity contribution in [3.63, 3.8) is 0 Å². The summed E-state index contributed by atoms with van der Waals surface area (Å²) >= 11 is 0. The number of halogens is 1. The Labute approximate surface area is 458 Å². The number of allylic oxidation sites excluding steroid dienone is 4. The number of ether oxygens (including phenoxy) is 4. The summed E-state index contributed by atoms with van der Waals surface area (Å²) in [4.78, 5) is 26.0. The Kier molecular flexibility index (Phi) is 16.1. The number of carbonyl (C=O) groups excluding carboxylic acids is 1. The van der Waals surface area contributed by atoms with Crippen LogP contribution in [-0.4, -0.2) is 119 Å². The van der Waals surface area contributed by atoms with E-state index in [0.717, 1.165) is 74.9 Å². The van der Waals surface area contributed by atoms with Gasteiger partial charge in [0.05, 0.1) is 38.6 Å². The molecule has 18 heteroatoms. The van der Waals surface area contributed by atoms with Gasteiger partial charge in [-0.2, -0.15) is 0 Å². The van der Waals surface area contributed by atoms with Crippen molar-refractivity contribution in [2.45, 2.75) is 120 Å². The SMILES string of the molecule is CCOC12CC1C1=C(C=C2Oc2cc(N3CCC(N4CCN(Cc5ccc(OC)c(OC)c5)C[C@H]4c4ccccc4C(C)C)CC3)ccc2C(=O)NS(=O)(=O)c2cnc(NC[C@H]3CC[C@](C)(O)CC3)c([NH+](C)[O-])c2)C(F)=CC1. The lowest BCUT2D eigenvalue weighted by Crippen LogP contribution is -2.98. The van der Waals surface area contributed by atoms with Gasteiger partial charge < -0.3 is 44.5 Å². The van der Waals surface area contributed by atoms with Crippen molar-refractivity contribution in [1.82, 2.24) is 19.5 Å². The first-order chi connectivity index (χ1) is 37.4. The summed E-state index contributed by atoms with van der Waals surface area (Å²) in [6.07, 6.45) is 10.1. The zero-order chi connectivity index (χ0) is 55.1. The minimum atomic E-state index is -4.58. The molecular weight excluding hydrogens is 1010 g/mol. The van der Waals surface area contributed by atoms with Crippen molar-refractivity contribution in [3.8, 4) is 17.2 Å². The summed E-state index contributed by atoms with van der Waals surface area (Å²) in [6, 6.07) is 21.9. The van der Waals surface area contributed by atoms with Crippen LogP contribution in [0.1, 0.15) is 118 Å². The van der Waals surface area contributed by atoms with Crippen LogP contribution in [-0.2, 0) is 21.3 Å². The van der Waals surface area contributed by atoms with E-state index in [1.54, 1.807) is 38.5 Å². The number of piperazine rings is 1. The second-order valence-electron chi connectivity index (χ2n) is 22.6. The van der Waals surface area contributed by atoms with Crippen molar-refractivity contribution in [1.29, 1.82) is 0 Å². The highest BCUT2D eigenvalue weighted by Crippen LogP contribution is 2.62. The first-order valence-electron chi connectivity index (χ1n) is 27.7. The van der Waals surface area contributed by atoms with E-state index < -0.39 is 32.2 Å². The molecule has 78 heavy (non-hydrogen) atoms. The Morgan fingerprint density at radius 1 is 0.974 bits per heavy atom. The van der Waals surface area contributed by atoms with E-state index in [1.807, 2.05) is 26.0 Å². The van der Waals surface area contributed by atoms with Gasteiger partial charge in [0, 0.05) is 93.8 Å². The number of nitrogens with zero attached hydrogens (tertiary/aromatic N) is 4. The second-order valence-corrected chi connectivity index (χ2v) is 24.3. The van der Waals surface area contributed by atoms with Crippen molar-refractivity contribution in [2.24, 2.45) is 11.8 Å². The minimum Gasteiger partial charge on any atom is -0.629 e. The number of hydrogen-bond donors (Lipinski definition) is 4. The van der Waals surface area contributed by atoms with Gasteiger partial charge in [-0.05, 0) is 136 Å². The molecule has 2 saturated carbocycles. The molecule has 3 unspecified atom stereocenters. The third kappa shape index (κ3) is 11.4. The predicted molar refractivity (Wildman–Crippen MR) is 298 cm³/mol. The number of methoxy groups -OCH3 is 2. The monoisotopic (exact) mass is 1090 g/mol. The standard InChI is InChI=1S/C60H76FN7O9S/c1-8-76-60-33-49(60)45-16-17-50(61)48(45)32-56(60)77-54-30-42(14-15-47(54)58(69)64-78(72,73)43-31-51(65(5)71)57(63-35-43)62-34-39-19-23-59(4,70)24-20-39)67-25-21-41(22-26-67)68-28-27-66(36-40-13-18-53(74-6)55(29-40)75-7)37-52(68)46-12-10-9-11-44(46)38(2)3/h9-15,17-18,29-32,35,38-39,41,49,52,65,70H,8,16,19-28,33-34,36-37H2,1-7H3,(H,62,63)(H,64,69)/t39-,49?,52-,59-,60?/m0/s1. The lowest BCUT2D eigenvalue weighted by atomic mass is 9.80. The Hall–Kier alpha value is -5.86. The van der Waals surface area contributed by atoms with Crippen LogP contribution >= 0.6 is 0 Å². The molecule has 16 nitrogen and oxygen atoms in total. The number of benzene rings is 3. The summed E-state index contributed by atoms with van der Waals surface area (Å²) < 4.78 is 70.2. The molecule has 4 N–H and O–H groups in total. The maximum absolute atomic E-state index is 15.4.